The maximum Gasteiger partial charge on any atom is 0.459 e. The van der Waals surface area contributed by atoms with E-state index in [2.05, 4.69) is 5.09 Å². The topological polar surface area (TPSA) is 158 Å². The Morgan fingerprint density at radius 1 is 1.32 bits per heavy atom. The molecule has 1 aliphatic rings. The van der Waals surface area contributed by atoms with Crippen molar-refractivity contribution in [3.8, 4) is 5.75 Å². The zero-order valence-electron chi connectivity index (χ0n) is 20.8. The molecule has 1 aromatic heterocycles. The zero-order valence-corrected chi connectivity index (χ0v) is 21.7. The van der Waals surface area contributed by atoms with Crippen LogP contribution in [0.15, 0.2) is 46.1 Å². The number of aliphatic hydroxyl groups is 1. The van der Waals surface area contributed by atoms with E-state index in [1.807, 2.05) is 4.98 Å². The molecule has 3 unspecified atom stereocenters. The number of nitrogens with one attached hydrogen (secondary N) is 2. The Hall–Kier alpha value is -2.67. The molecule has 3 rings (SSSR count). The molecule has 6 atom stereocenters. The highest BCUT2D eigenvalue weighted by atomic mass is 31.2. The summed E-state index contributed by atoms with van der Waals surface area (Å²) in [5.41, 5.74) is -2.93. The molecule has 0 aliphatic carbocycles. The van der Waals surface area contributed by atoms with Gasteiger partial charge in [-0.15, -0.1) is 0 Å². The van der Waals surface area contributed by atoms with Crippen molar-refractivity contribution in [1.82, 2.24) is 14.6 Å². The van der Waals surface area contributed by atoms with Crippen molar-refractivity contribution in [3.63, 3.8) is 0 Å². The summed E-state index contributed by atoms with van der Waals surface area (Å²) < 4.78 is 51.6. The minimum atomic E-state index is -4.34. The van der Waals surface area contributed by atoms with Crippen molar-refractivity contribution in [3.05, 3.63) is 62.9 Å². The van der Waals surface area contributed by atoms with Crippen LogP contribution in [0.25, 0.3) is 0 Å². The number of aromatic nitrogens is 2. The van der Waals surface area contributed by atoms with Gasteiger partial charge in [-0.3, -0.25) is 18.9 Å². The summed E-state index contributed by atoms with van der Waals surface area (Å²) >= 11 is 0. The van der Waals surface area contributed by atoms with Gasteiger partial charge < -0.3 is 23.9 Å². The van der Waals surface area contributed by atoms with E-state index < -0.39 is 55.7 Å². The van der Waals surface area contributed by atoms with Crippen LogP contribution in [-0.2, 0) is 23.4 Å². The smallest absolute Gasteiger partial charge is 0.413 e. The van der Waals surface area contributed by atoms with Crippen LogP contribution in [0.2, 0.25) is 0 Å². The lowest BCUT2D eigenvalue weighted by Gasteiger charge is -2.30. The lowest BCUT2D eigenvalue weighted by molar-refractivity contribution is -0.115. The number of alkyl halides is 1. The molecule has 204 valence electrons. The second kappa shape index (κ2) is 11.8. The standard InChI is InChI=1S/C23H31FN3O9P/c1-14(2)33-13-23(4,12-28)26-37(32,36-16-8-6-5-7-9-16)34-11-17-19(29)18(24)21(35-17)27-10-15(3)20(30)25-22(27)31/h5-10,12,14,17-19,21,29H,11,13H2,1-4H3,(H,26,32)(H,25,30,31)/t17-,18?,19?,21-,23-,37?/m0/s1. The first kappa shape index (κ1) is 28.9. The van der Waals surface area contributed by atoms with E-state index >= 15 is 0 Å². The van der Waals surface area contributed by atoms with Gasteiger partial charge in [0.15, 0.2) is 12.4 Å². The van der Waals surface area contributed by atoms with Crippen LogP contribution in [0, 0.1) is 6.92 Å². The highest BCUT2D eigenvalue weighted by Gasteiger charge is 2.47. The Morgan fingerprint density at radius 2 is 2.00 bits per heavy atom. The van der Waals surface area contributed by atoms with Gasteiger partial charge in [0, 0.05) is 11.8 Å². The number of rotatable bonds is 12. The number of hydrogen-bond donors (Lipinski definition) is 3. The lowest BCUT2D eigenvalue weighted by Crippen LogP contribution is -2.48. The number of carbonyl (C=O) groups is 1. The third-order valence-electron chi connectivity index (χ3n) is 5.46. The summed E-state index contributed by atoms with van der Waals surface area (Å²) in [7, 11) is -4.34. The summed E-state index contributed by atoms with van der Waals surface area (Å²) in [5.74, 6) is 0.153. The molecule has 1 aliphatic heterocycles. The number of para-hydroxylation sites is 1. The zero-order chi connectivity index (χ0) is 27.4. The van der Waals surface area contributed by atoms with Crippen molar-refractivity contribution in [2.45, 2.75) is 63.9 Å². The fourth-order valence-electron chi connectivity index (χ4n) is 3.46. The second-order valence-electron chi connectivity index (χ2n) is 9.18. The molecule has 2 heterocycles. The number of H-pyrrole nitrogens is 1. The molecule has 0 amide bonds. The molecule has 0 saturated carbocycles. The number of aldehydes is 1. The predicted octanol–water partition coefficient (Wildman–Crippen LogP) is 1.62. The molecular formula is C23H31FN3O9P. The number of benzene rings is 1. The van der Waals surface area contributed by atoms with E-state index in [0.29, 0.717) is 6.29 Å². The second-order valence-corrected chi connectivity index (χ2v) is 10.8. The number of aryl methyl sites for hydroxylation is 1. The Morgan fingerprint density at radius 3 is 2.62 bits per heavy atom. The maximum absolute atomic E-state index is 14.9. The Balaban J connectivity index is 1.81. The average molecular weight is 543 g/mol. The number of aliphatic hydroxyl groups excluding tert-OH is 1. The van der Waals surface area contributed by atoms with Crippen LogP contribution in [0.3, 0.4) is 0 Å². The van der Waals surface area contributed by atoms with Gasteiger partial charge >= 0.3 is 13.4 Å². The Kier molecular flexibility index (Phi) is 9.22. The molecule has 2 aromatic rings. The van der Waals surface area contributed by atoms with Gasteiger partial charge in [0.25, 0.3) is 5.56 Å². The Labute approximate surface area is 212 Å². The Bertz CT molecular complexity index is 1240. The predicted molar refractivity (Wildman–Crippen MR) is 130 cm³/mol. The van der Waals surface area contributed by atoms with Crippen molar-refractivity contribution in [2.24, 2.45) is 0 Å². The molecular weight excluding hydrogens is 512 g/mol. The third-order valence-corrected chi connectivity index (χ3v) is 7.19. The molecule has 1 aromatic carbocycles. The van der Waals surface area contributed by atoms with Crippen LogP contribution in [0.4, 0.5) is 4.39 Å². The van der Waals surface area contributed by atoms with E-state index in [9.17, 15) is 28.4 Å². The van der Waals surface area contributed by atoms with Gasteiger partial charge in [-0.05, 0) is 39.8 Å². The van der Waals surface area contributed by atoms with Gasteiger partial charge in [0.05, 0.1) is 19.3 Å². The third kappa shape index (κ3) is 7.22. The van der Waals surface area contributed by atoms with Crippen molar-refractivity contribution < 1.29 is 37.4 Å². The van der Waals surface area contributed by atoms with Gasteiger partial charge in [0.2, 0.25) is 0 Å². The van der Waals surface area contributed by atoms with Crippen LogP contribution in [0.5, 0.6) is 5.75 Å². The fraction of sp³-hybridized carbons (Fsp3) is 0.522. The molecule has 1 saturated heterocycles. The summed E-state index contributed by atoms with van der Waals surface area (Å²) in [6.07, 6.45) is -5.40. The summed E-state index contributed by atoms with van der Waals surface area (Å²) in [6, 6.07) is 8.00. The number of carbonyl (C=O) groups excluding carboxylic acids is 1. The van der Waals surface area contributed by atoms with Gasteiger partial charge in [0.1, 0.15) is 29.8 Å². The van der Waals surface area contributed by atoms with Crippen LogP contribution >= 0.6 is 7.75 Å². The normalized spacial score (nSPS) is 24.9. The van der Waals surface area contributed by atoms with Gasteiger partial charge in [-0.25, -0.2) is 13.8 Å². The molecule has 3 N–H and O–H groups in total. The maximum atomic E-state index is 14.9. The van der Waals surface area contributed by atoms with Crippen LogP contribution < -0.4 is 20.9 Å². The van der Waals surface area contributed by atoms with Crippen LogP contribution in [-0.4, -0.2) is 64.2 Å². The number of halogens is 1. The van der Waals surface area contributed by atoms with Gasteiger partial charge in [-0.1, -0.05) is 18.2 Å². The lowest BCUT2D eigenvalue weighted by atomic mass is 10.1. The highest BCUT2D eigenvalue weighted by Crippen LogP contribution is 2.47. The number of nitrogens with zero attached hydrogens (tertiary/aromatic N) is 1. The molecule has 0 spiro atoms. The number of hydrogen-bond acceptors (Lipinski definition) is 9. The van der Waals surface area contributed by atoms with E-state index in [1.165, 1.54) is 26.0 Å². The fourth-order valence-corrected chi connectivity index (χ4v) is 5.11. The quantitative estimate of drug-likeness (QED) is 0.265. The monoisotopic (exact) mass is 543 g/mol. The molecule has 0 radical (unpaired) electrons. The molecule has 12 nitrogen and oxygen atoms in total. The first-order chi connectivity index (χ1) is 17.4. The van der Waals surface area contributed by atoms with Crippen molar-refractivity contribution >= 4 is 14.0 Å². The summed E-state index contributed by atoms with van der Waals surface area (Å²) in [5, 5.41) is 13.0. The minimum absolute atomic E-state index is 0.131. The molecule has 37 heavy (non-hydrogen) atoms. The summed E-state index contributed by atoms with van der Waals surface area (Å²) in [6.45, 7) is 5.59. The van der Waals surface area contributed by atoms with E-state index in [-0.39, 0.29) is 24.0 Å². The van der Waals surface area contributed by atoms with E-state index in [4.69, 9.17) is 18.5 Å². The van der Waals surface area contributed by atoms with Crippen molar-refractivity contribution in [1.29, 1.82) is 0 Å². The minimum Gasteiger partial charge on any atom is -0.413 e. The molecule has 14 heteroatoms. The SMILES string of the molecule is Cc1cn([C@H]2O[C@@H](COP(=O)(N[C@@](C)(C=O)COC(C)C)Oc3ccccc3)C(O)C2F)c(=O)[nH]c1=O. The van der Waals surface area contributed by atoms with Crippen molar-refractivity contribution in [2.75, 3.05) is 13.2 Å². The molecule has 0 bridgehead atoms. The van der Waals surface area contributed by atoms with E-state index in [0.717, 1.165) is 10.8 Å². The molecule has 1 fully saturated rings. The number of ether oxygens (including phenoxy) is 2. The first-order valence-electron chi connectivity index (χ1n) is 11.5. The average Bonchev–Trinajstić information content (AvgIpc) is 3.13. The summed E-state index contributed by atoms with van der Waals surface area (Å²) in [4.78, 5) is 37.7. The van der Waals surface area contributed by atoms with E-state index in [1.54, 1.807) is 32.0 Å². The number of aromatic amines is 1. The highest BCUT2D eigenvalue weighted by molar-refractivity contribution is 7.52. The van der Waals surface area contributed by atoms with Gasteiger partial charge in [-0.2, -0.15) is 5.09 Å². The van der Waals surface area contributed by atoms with Crippen LogP contribution in [0.1, 0.15) is 32.6 Å². The first-order valence-corrected chi connectivity index (χ1v) is 13.1. The largest absolute Gasteiger partial charge is 0.459 e.